The van der Waals surface area contributed by atoms with Gasteiger partial charge in [-0.2, -0.15) is 0 Å². The molecule has 0 aliphatic heterocycles. The minimum absolute atomic E-state index is 0.274. The molecular formula is C17H36O10Si2. The van der Waals surface area contributed by atoms with Crippen molar-refractivity contribution in [3.8, 4) is 0 Å². The van der Waals surface area contributed by atoms with Gasteiger partial charge in [-0.15, -0.1) is 0 Å². The summed E-state index contributed by atoms with van der Waals surface area (Å²) in [7, 11) is 4.34. The van der Waals surface area contributed by atoms with Crippen molar-refractivity contribution >= 4 is 29.5 Å². The molecule has 29 heavy (non-hydrogen) atoms. The highest BCUT2D eigenvalue weighted by Gasteiger charge is 2.37. The molecule has 172 valence electrons. The lowest BCUT2D eigenvalue weighted by Gasteiger charge is -2.23. The Morgan fingerprint density at radius 2 is 1.07 bits per heavy atom. The van der Waals surface area contributed by atoms with Crippen molar-refractivity contribution in [1.29, 1.82) is 0 Å². The topological polar surface area (TPSA) is 108 Å². The van der Waals surface area contributed by atoms with Gasteiger partial charge in [0.05, 0.1) is 13.2 Å². The molecule has 0 unspecified atom stereocenters. The van der Waals surface area contributed by atoms with E-state index in [1.165, 1.54) is 6.92 Å². The smallest absolute Gasteiger partial charge is 0.466 e. The summed E-state index contributed by atoms with van der Waals surface area (Å²) in [6.07, 6.45) is 2.45. The minimum Gasteiger partial charge on any atom is -0.466 e. The third-order valence-corrected chi connectivity index (χ3v) is 9.50. The zero-order chi connectivity index (χ0) is 22.8. The summed E-state index contributed by atoms with van der Waals surface area (Å²) >= 11 is 0. The molecule has 0 bridgehead atoms. The normalized spacial score (nSPS) is 11.3. The fourth-order valence-electron chi connectivity index (χ4n) is 2.14. The maximum Gasteiger partial charge on any atom is 0.500 e. The Hall–Kier alpha value is -1.13. The molecule has 10 nitrogen and oxygen atoms in total. The van der Waals surface area contributed by atoms with Crippen LogP contribution in [0.4, 0.5) is 0 Å². The molecule has 0 saturated carbocycles. The van der Waals surface area contributed by atoms with Gasteiger partial charge in [-0.25, -0.2) is 4.79 Å². The summed E-state index contributed by atoms with van der Waals surface area (Å²) in [5, 5.41) is 0. The molecule has 0 heterocycles. The molecule has 0 aromatic carbocycles. The Bertz CT molecular complexity index is 437. The first-order valence-corrected chi connectivity index (χ1v) is 12.8. The van der Waals surface area contributed by atoms with E-state index in [0.29, 0.717) is 38.1 Å². The SMILES string of the molecule is C=CC(=O)OCCC[Si](OC)(OC)OC.CO[Si](CCCOC(C)=O)(OC)OC. The molecule has 0 aromatic heterocycles. The van der Waals surface area contributed by atoms with Crippen molar-refractivity contribution in [3.05, 3.63) is 12.7 Å². The highest BCUT2D eigenvalue weighted by molar-refractivity contribution is 6.60. The lowest BCUT2D eigenvalue weighted by molar-refractivity contribution is -0.141. The van der Waals surface area contributed by atoms with Crippen LogP contribution < -0.4 is 0 Å². The van der Waals surface area contributed by atoms with Crippen molar-refractivity contribution in [1.82, 2.24) is 0 Å². The van der Waals surface area contributed by atoms with Crippen LogP contribution >= 0.6 is 0 Å². The highest BCUT2D eigenvalue weighted by Crippen LogP contribution is 2.15. The van der Waals surface area contributed by atoms with Gasteiger partial charge in [-0.05, 0) is 12.8 Å². The van der Waals surface area contributed by atoms with E-state index in [2.05, 4.69) is 6.58 Å². The van der Waals surface area contributed by atoms with Crippen LogP contribution in [0.15, 0.2) is 12.7 Å². The number of hydrogen-bond donors (Lipinski definition) is 0. The first kappa shape index (κ1) is 30.1. The molecule has 0 saturated heterocycles. The molecule has 0 N–H and O–H groups in total. The third kappa shape index (κ3) is 13.7. The van der Waals surface area contributed by atoms with E-state index < -0.39 is 23.6 Å². The van der Waals surface area contributed by atoms with Crippen molar-refractivity contribution < 1.29 is 45.6 Å². The maximum atomic E-state index is 10.7. The monoisotopic (exact) mass is 456 g/mol. The van der Waals surface area contributed by atoms with E-state index in [1.54, 1.807) is 42.7 Å². The second-order valence-corrected chi connectivity index (χ2v) is 11.7. The van der Waals surface area contributed by atoms with E-state index in [9.17, 15) is 9.59 Å². The van der Waals surface area contributed by atoms with Gasteiger partial charge < -0.3 is 36.0 Å². The second kappa shape index (κ2) is 17.7. The molecule has 0 aromatic rings. The van der Waals surface area contributed by atoms with Gasteiger partial charge in [0.25, 0.3) is 0 Å². The van der Waals surface area contributed by atoms with Crippen molar-refractivity contribution in [2.75, 3.05) is 55.9 Å². The van der Waals surface area contributed by atoms with E-state index in [4.69, 9.17) is 36.0 Å². The molecule has 0 amide bonds. The Morgan fingerprint density at radius 3 is 1.34 bits per heavy atom. The number of carbonyl (C=O) groups is 2. The predicted molar refractivity (Wildman–Crippen MR) is 110 cm³/mol. The molecule has 0 rings (SSSR count). The zero-order valence-electron chi connectivity index (χ0n) is 18.6. The summed E-state index contributed by atoms with van der Waals surface area (Å²) in [5.41, 5.74) is 0. The summed E-state index contributed by atoms with van der Waals surface area (Å²) in [4.78, 5) is 21.2. The van der Waals surface area contributed by atoms with Gasteiger partial charge in [0, 0.05) is 67.7 Å². The molecule has 0 fully saturated rings. The Morgan fingerprint density at radius 1 is 0.724 bits per heavy atom. The van der Waals surface area contributed by atoms with Crippen LogP contribution in [0.2, 0.25) is 12.1 Å². The van der Waals surface area contributed by atoms with Crippen LogP contribution in [-0.2, 0) is 45.6 Å². The van der Waals surface area contributed by atoms with Crippen molar-refractivity contribution in [2.45, 2.75) is 31.9 Å². The van der Waals surface area contributed by atoms with Crippen LogP contribution in [0, 0.1) is 0 Å². The van der Waals surface area contributed by atoms with E-state index >= 15 is 0 Å². The van der Waals surface area contributed by atoms with Crippen LogP contribution in [0.25, 0.3) is 0 Å². The van der Waals surface area contributed by atoms with E-state index in [-0.39, 0.29) is 5.97 Å². The fraction of sp³-hybridized carbons (Fsp3) is 0.765. The molecular weight excluding hydrogens is 420 g/mol. The summed E-state index contributed by atoms with van der Waals surface area (Å²) < 4.78 is 40.8. The van der Waals surface area contributed by atoms with Gasteiger partial charge >= 0.3 is 29.5 Å². The van der Waals surface area contributed by atoms with Crippen molar-refractivity contribution in [2.24, 2.45) is 0 Å². The van der Waals surface area contributed by atoms with Crippen LogP contribution in [0.1, 0.15) is 19.8 Å². The molecule has 12 heteroatoms. The highest BCUT2D eigenvalue weighted by atomic mass is 28.4. The van der Waals surface area contributed by atoms with Crippen LogP contribution in [0.5, 0.6) is 0 Å². The Labute approximate surface area is 176 Å². The number of hydrogen-bond acceptors (Lipinski definition) is 10. The maximum absolute atomic E-state index is 10.7. The largest absolute Gasteiger partial charge is 0.500 e. The summed E-state index contributed by atoms with van der Waals surface area (Å²) in [6.45, 7) is 5.37. The van der Waals surface area contributed by atoms with Gasteiger partial charge in [0.15, 0.2) is 0 Å². The van der Waals surface area contributed by atoms with E-state index in [1.807, 2.05) is 0 Å². The third-order valence-electron chi connectivity index (χ3n) is 3.84. The number of ether oxygens (including phenoxy) is 2. The first-order valence-electron chi connectivity index (χ1n) is 8.97. The second-order valence-electron chi connectivity index (χ2n) is 5.51. The quantitative estimate of drug-likeness (QED) is 0.157. The molecule has 0 atom stereocenters. The predicted octanol–water partition coefficient (Wildman–Crippen LogP) is 1.80. The zero-order valence-corrected chi connectivity index (χ0v) is 20.6. The minimum atomic E-state index is -2.52. The van der Waals surface area contributed by atoms with Crippen molar-refractivity contribution in [3.63, 3.8) is 0 Å². The molecule has 0 aliphatic rings. The lowest BCUT2D eigenvalue weighted by Crippen LogP contribution is -2.42. The molecule has 0 aliphatic carbocycles. The Balaban J connectivity index is 0. The number of esters is 2. The van der Waals surface area contributed by atoms with Gasteiger partial charge in [-0.1, -0.05) is 6.58 Å². The van der Waals surface area contributed by atoms with Gasteiger partial charge in [0.2, 0.25) is 0 Å². The lowest BCUT2D eigenvalue weighted by atomic mass is 10.5. The molecule has 0 radical (unpaired) electrons. The average molecular weight is 457 g/mol. The number of carbonyl (C=O) groups excluding carboxylic acids is 2. The number of rotatable bonds is 15. The first-order chi connectivity index (χ1) is 13.7. The summed E-state index contributed by atoms with van der Waals surface area (Å²) in [6, 6.07) is 1.25. The molecule has 0 spiro atoms. The summed E-state index contributed by atoms with van der Waals surface area (Å²) in [5.74, 6) is -0.695. The van der Waals surface area contributed by atoms with Crippen LogP contribution in [-0.4, -0.2) is 85.4 Å². The van der Waals surface area contributed by atoms with Gasteiger partial charge in [0.1, 0.15) is 0 Å². The van der Waals surface area contributed by atoms with Gasteiger partial charge in [-0.3, -0.25) is 4.79 Å². The standard InChI is InChI=1S/C9H18O5Si.C8H18O5Si/c1-5-9(10)14-7-6-8-15(11-2,12-3)13-4;1-8(9)13-6-5-7-14(10-2,11-3)12-4/h5H,1,6-8H2,2-4H3;5-7H2,1-4H3. The average Bonchev–Trinajstić information content (AvgIpc) is 2.75. The Kier molecular flexibility index (Phi) is 18.4. The van der Waals surface area contributed by atoms with E-state index in [0.717, 1.165) is 6.08 Å². The van der Waals surface area contributed by atoms with Crippen LogP contribution in [0.3, 0.4) is 0 Å². The fourth-order valence-corrected chi connectivity index (χ4v) is 5.52.